The van der Waals surface area contributed by atoms with E-state index < -0.39 is 5.97 Å². The molecule has 1 N–H and O–H groups in total. The third kappa shape index (κ3) is 2.17. The molecule has 4 saturated carbocycles. The molecule has 0 radical (unpaired) electrons. The first-order chi connectivity index (χ1) is 8.22. The summed E-state index contributed by atoms with van der Waals surface area (Å²) >= 11 is 0. The van der Waals surface area contributed by atoms with Crippen LogP contribution in [0.15, 0.2) is 5.16 Å². The lowest BCUT2D eigenvalue weighted by Crippen LogP contribution is -2.45. The number of carboxylic acids is 1. The van der Waals surface area contributed by atoms with Crippen molar-refractivity contribution in [3.63, 3.8) is 0 Å². The maximum absolute atomic E-state index is 10.3. The van der Waals surface area contributed by atoms with Crippen LogP contribution in [0.25, 0.3) is 0 Å². The number of carbonyl (C=O) groups is 1. The van der Waals surface area contributed by atoms with E-state index in [1.807, 2.05) is 6.21 Å². The van der Waals surface area contributed by atoms with Crippen molar-refractivity contribution >= 4 is 12.2 Å². The number of hydrogen-bond acceptors (Lipinski definition) is 3. The van der Waals surface area contributed by atoms with Crippen molar-refractivity contribution in [1.29, 1.82) is 0 Å². The Balaban J connectivity index is 1.58. The molecule has 4 nitrogen and oxygen atoms in total. The van der Waals surface area contributed by atoms with Gasteiger partial charge in [0.1, 0.15) is 0 Å². The van der Waals surface area contributed by atoms with Gasteiger partial charge in [0.05, 0.1) is 0 Å². The first kappa shape index (κ1) is 11.1. The predicted molar refractivity (Wildman–Crippen MR) is 62.6 cm³/mol. The molecule has 0 spiro atoms. The summed E-state index contributed by atoms with van der Waals surface area (Å²) in [4.78, 5) is 15.1. The van der Waals surface area contributed by atoms with Crippen molar-refractivity contribution in [2.75, 3.05) is 6.61 Å². The van der Waals surface area contributed by atoms with E-state index >= 15 is 0 Å². The van der Waals surface area contributed by atoms with E-state index in [4.69, 9.17) is 9.94 Å². The van der Waals surface area contributed by atoms with Gasteiger partial charge in [0.25, 0.3) is 0 Å². The van der Waals surface area contributed by atoms with Crippen molar-refractivity contribution in [3.8, 4) is 0 Å². The van der Waals surface area contributed by atoms with E-state index in [1.54, 1.807) is 0 Å². The van der Waals surface area contributed by atoms with Crippen molar-refractivity contribution in [3.05, 3.63) is 0 Å². The summed E-state index contributed by atoms with van der Waals surface area (Å²) < 4.78 is 0. The molecule has 0 saturated heterocycles. The quantitative estimate of drug-likeness (QED) is 0.602. The highest BCUT2D eigenvalue weighted by atomic mass is 16.6. The average molecular weight is 237 g/mol. The van der Waals surface area contributed by atoms with E-state index in [0.717, 1.165) is 23.7 Å². The van der Waals surface area contributed by atoms with E-state index in [1.165, 1.54) is 32.1 Å². The van der Waals surface area contributed by atoms with Crippen molar-refractivity contribution < 1.29 is 14.7 Å². The zero-order valence-electron chi connectivity index (χ0n) is 9.92. The van der Waals surface area contributed by atoms with Gasteiger partial charge >= 0.3 is 5.97 Å². The molecular weight excluding hydrogens is 218 g/mol. The summed E-state index contributed by atoms with van der Waals surface area (Å²) in [6.45, 7) is -0.330. The highest BCUT2D eigenvalue weighted by Gasteiger charge is 2.47. The highest BCUT2D eigenvalue weighted by Crippen LogP contribution is 2.55. The molecule has 4 aliphatic rings. The van der Waals surface area contributed by atoms with Crippen LogP contribution in [-0.2, 0) is 9.63 Å². The Labute approximate surface area is 101 Å². The maximum atomic E-state index is 10.3. The molecule has 0 aromatic heterocycles. The maximum Gasteiger partial charge on any atom is 0.344 e. The Morgan fingerprint density at radius 3 is 2.29 bits per heavy atom. The normalized spacial score (nSPS) is 43.2. The third-order valence-electron chi connectivity index (χ3n) is 4.80. The third-order valence-corrected chi connectivity index (χ3v) is 4.80. The molecule has 0 heterocycles. The molecule has 94 valence electrons. The summed E-state index contributed by atoms with van der Waals surface area (Å²) in [7, 11) is 0. The van der Waals surface area contributed by atoms with Crippen LogP contribution in [0, 0.1) is 29.6 Å². The van der Waals surface area contributed by atoms with Crippen LogP contribution in [0.4, 0.5) is 0 Å². The first-order valence-electron chi connectivity index (χ1n) is 6.59. The Morgan fingerprint density at radius 2 is 1.76 bits per heavy atom. The minimum absolute atomic E-state index is 0.330. The molecule has 0 amide bonds. The number of hydrogen-bond donors (Lipinski definition) is 1. The van der Waals surface area contributed by atoms with Gasteiger partial charge in [0.2, 0.25) is 6.61 Å². The van der Waals surface area contributed by atoms with E-state index in [-0.39, 0.29) is 6.61 Å². The number of carboxylic acid groups (broad SMARTS) is 1. The van der Waals surface area contributed by atoms with Gasteiger partial charge in [-0.3, -0.25) is 0 Å². The smallest absolute Gasteiger partial charge is 0.344 e. The standard InChI is InChI=1S/C13H19NO3/c15-13(16)7-17-14-6-12-10-2-8-1-9(4-10)5-11(12)3-8/h6,8-12H,1-5,7H2,(H,15,16)/b14-6+. The SMILES string of the molecule is O=C(O)CO/N=C/C1C2CC3CC(C2)CC1C3. The Bertz CT molecular complexity index is 312. The largest absolute Gasteiger partial charge is 0.479 e. The highest BCUT2D eigenvalue weighted by molar-refractivity contribution is 5.68. The average Bonchev–Trinajstić information content (AvgIpc) is 2.25. The molecular formula is C13H19NO3. The van der Waals surface area contributed by atoms with Gasteiger partial charge in [-0.25, -0.2) is 4.79 Å². The van der Waals surface area contributed by atoms with Crippen LogP contribution in [0.3, 0.4) is 0 Å². The number of oxime groups is 1. The van der Waals surface area contributed by atoms with Gasteiger partial charge in [0.15, 0.2) is 0 Å². The van der Waals surface area contributed by atoms with Gasteiger partial charge in [-0.1, -0.05) is 5.16 Å². The molecule has 4 aliphatic carbocycles. The lowest BCUT2D eigenvalue weighted by molar-refractivity contribution is -0.142. The Hall–Kier alpha value is -1.06. The number of aliphatic carboxylic acids is 1. The second kappa shape index (κ2) is 4.31. The minimum atomic E-state index is -0.966. The zero-order valence-corrected chi connectivity index (χ0v) is 9.92. The summed E-state index contributed by atoms with van der Waals surface area (Å²) in [5.74, 6) is 3.06. The molecule has 4 rings (SSSR count). The van der Waals surface area contributed by atoms with Crippen LogP contribution >= 0.6 is 0 Å². The monoisotopic (exact) mass is 237 g/mol. The molecule has 0 aromatic rings. The minimum Gasteiger partial charge on any atom is -0.479 e. The fourth-order valence-electron chi connectivity index (χ4n) is 4.42. The van der Waals surface area contributed by atoms with Gasteiger partial charge in [0, 0.05) is 12.1 Å². The van der Waals surface area contributed by atoms with Gasteiger partial charge in [-0.05, 0) is 55.8 Å². The van der Waals surface area contributed by atoms with Gasteiger partial charge in [-0.2, -0.15) is 0 Å². The van der Waals surface area contributed by atoms with E-state index in [0.29, 0.717) is 5.92 Å². The molecule has 4 bridgehead atoms. The van der Waals surface area contributed by atoms with Crippen molar-refractivity contribution in [2.24, 2.45) is 34.7 Å². The molecule has 0 aliphatic heterocycles. The first-order valence-corrected chi connectivity index (χ1v) is 6.59. The summed E-state index contributed by atoms with van der Waals surface area (Å²) in [6.07, 6.45) is 8.73. The molecule has 17 heavy (non-hydrogen) atoms. The lowest BCUT2D eigenvalue weighted by atomic mass is 9.52. The summed E-state index contributed by atoms with van der Waals surface area (Å²) in [5.41, 5.74) is 0. The zero-order chi connectivity index (χ0) is 11.8. The molecule has 4 fully saturated rings. The van der Waals surface area contributed by atoms with Crippen LogP contribution in [0.2, 0.25) is 0 Å². The molecule has 0 aromatic carbocycles. The van der Waals surface area contributed by atoms with Crippen LogP contribution < -0.4 is 0 Å². The lowest BCUT2D eigenvalue weighted by Gasteiger charge is -2.53. The summed E-state index contributed by atoms with van der Waals surface area (Å²) in [6, 6.07) is 0. The fraction of sp³-hybridized carbons (Fsp3) is 0.846. The van der Waals surface area contributed by atoms with Gasteiger partial charge < -0.3 is 9.94 Å². The van der Waals surface area contributed by atoms with Crippen LogP contribution in [-0.4, -0.2) is 23.9 Å². The fourth-order valence-corrected chi connectivity index (χ4v) is 4.42. The number of rotatable bonds is 4. The van der Waals surface area contributed by atoms with Gasteiger partial charge in [-0.15, -0.1) is 0 Å². The predicted octanol–water partition coefficient (Wildman–Crippen LogP) is 2.15. The molecule has 0 atom stereocenters. The van der Waals surface area contributed by atoms with E-state index in [2.05, 4.69) is 5.16 Å². The topological polar surface area (TPSA) is 58.9 Å². The second-order valence-electron chi connectivity index (χ2n) is 5.93. The van der Waals surface area contributed by atoms with E-state index in [9.17, 15) is 4.79 Å². The number of nitrogens with zero attached hydrogens (tertiary/aromatic N) is 1. The summed E-state index contributed by atoms with van der Waals surface area (Å²) in [5, 5.41) is 12.3. The van der Waals surface area contributed by atoms with Crippen molar-refractivity contribution in [1.82, 2.24) is 0 Å². The molecule has 0 unspecified atom stereocenters. The second-order valence-corrected chi connectivity index (χ2v) is 5.93. The van der Waals surface area contributed by atoms with Crippen LogP contribution in [0.5, 0.6) is 0 Å². The Kier molecular flexibility index (Phi) is 2.81. The van der Waals surface area contributed by atoms with Crippen molar-refractivity contribution in [2.45, 2.75) is 32.1 Å². The molecule has 4 heteroatoms. The Morgan fingerprint density at radius 1 is 1.18 bits per heavy atom. The van der Waals surface area contributed by atoms with Crippen LogP contribution in [0.1, 0.15) is 32.1 Å².